The van der Waals surface area contributed by atoms with Crippen LogP contribution in [0.15, 0.2) is 36.4 Å². The van der Waals surface area contributed by atoms with Crippen molar-refractivity contribution in [3.8, 4) is 0 Å². The molecule has 108 valence electrons. The van der Waals surface area contributed by atoms with E-state index in [4.69, 9.17) is 17.3 Å². The summed E-state index contributed by atoms with van der Waals surface area (Å²) in [7, 11) is 0. The molecule has 1 aliphatic rings. The molecule has 0 saturated carbocycles. The van der Waals surface area contributed by atoms with Gasteiger partial charge in [0.25, 0.3) is 0 Å². The molecule has 2 rings (SSSR count). The van der Waals surface area contributed by atoms with Crippen LogP contribution in [0.25, 0.3) is 0 Å². The van der Waals surface area contributed by atoms with E-state index >= 15 is 0 Å². The molecule has 0 aliphatic carbocycles. The maximum absolute atomic E-state index is 12.3. The lowest BCUT2D eigenvalue weighted by Gasteiger charge is -2.35. The first kappa shape index (κ1) is 15.0. The summed E-state index contributed by atoms with van der Waals surface area (Å²) < 4.78 is 0. The van der Waals surface area contributed by atoms with Gasteiger partial charge in [-0.3, -0.25) is 9.69 Å². The zero-order valence-electron chi connectivity index (χ0n) is 11.6. The van der Waals surface area contributed by atoms with E-state index in [1.54, 1.807) is 12.1 Å². The minimum Gasteiger partial charge on any atom is -0.329 e. The summed E-state index contributed by atoms with van der Waals surface area (Å²) in [5.41, 5.74) is 6.40. The highest BCUT2D eigenvalue weighted by molar-refractivity contribution is 6.33. The van der Waals surface area contributed by atoms with Gasteiger partial charge >= 0.3 is 0 Å². The second-order valence-electron chi connectivity index (χ2n) is 4.90. The number of nitrogens with two attached hydrogens (primary N) is 1. The SMILES string of the molecule is CC(C(=O)Nc1ccccc1Cl)N1CCC=CC1CN. The number of hydrogen-bond acceptors (Lipinski definition) is 3. The van der Waals surface area contributed by atoms with Gasteiger partial charge in [0.15, 0.2) is 0 Å². The Morgan fingerprint density at radius 2 is 2.30 bits per heavy atom. The fourth-order valence-corrected chi connectivity index (χ4v) is 2.58. The summed E-state index contributed by atoms with van der Waals surface area (Å²) in [6, 6.07) is 7.11. The molecule has 3 N–H and O–H groups in total. The van der Waals surface area contributed by atoms with E-state index < -0.39 is 0 Å². The van der Waals surface area contributed by atoms with Crippen molar-refractivity contribution in [2.45, 2.75) is 25.4 Å². The number of nitrogens with zero attached hydrogens (tertiary/aromatic N) is 1. The molecule has 0 radical (unpaired) electrons. The van der Waals surface area contributed by atoms with E-state index in [0.29, 0.717) is 17.3 Å². The van der Waals surface area contributed by atoms with Crippen LogP contribution in [0.4, 0.5) is 5.69 Å². The maximum atomic E-state index is 12.3. The first-order valence-electron chi connectivity index (χ1n) is 6.81. The number of benzene rings is 1. The van der Waals surface area contributed by atoms with Crippen LogP contribution in [0.2, 0.25) is 5.02 Å². The molecule has 0 fully saturated rings. The molecule has 1 heterocycles. The second kappa shape index (κ2) is 6.88. The van der Waals surface area contributed by atoms with Gasteiger partial charge in [-0.25, -0.2) is 0 Å². The topological polar surface area (TPSA) is 58.4 Å². The number of nitrogens with one attached hydrogen (secondary N) is 1. The van der Waals surface area contributed by atoms with Crippen molar-refractivity contribution < 1.29 is 4.79 Å². The number of hydrogen-bond donors (Lipinski definition) is 2. The summed E-state index contributed by atoms with van der Waals surface area (Å²) in [6.45, 7) is 3.25. The highest BCUT2D eigenvalue weighted by atomic mass is 35.5. The molecule has 1 amide bonds. The summed E-state index contributed by atoms with van der Waals surface area (Å²) >= 11 is 6.06. The van der Waals surface area contributed by atoms with Crippen molar-refractivity contribution in [2.75, 3.05) is 18.4 Å². The van der Waals surface area contributed by atoms with Gasteiger partial charge in [-0.05, 0) is 25.5 Å². The second-order valence-corrected chi connectivity index (χ2v) is 5.31. The third-order valence-corrected chi connectivity index (χ3v) is 3.92. The van der Waals surface area contributed by atoms with E-state index in [1.165, 1.54) is 0 Å². The van der Waals surface area contributed by atoms with Crippen LogP contribution >= 0.6 is 11.6 Å². The molecule has 5 heteroatoms. The molecule has 0 saturated heterocycles. The molecule has 0 aromatic heterocycles. The molecule has 0 spiro atoms. The van der Waals surface area contributed by atoms with E-state index in [9.17, 15) is 4.79 Å². The summed E-state index contributed by atoms with van der Waals surface area (Å²) in [5, 5.41) is 3.42. The molecule has 0 bridgehead atoms. The fraction of sp³-hybridized carbons (Fsp3) is 0.400. The van der Waals surface area contributed by atoms with Crippen LogP contribution in [0.1, 0.15) is 13.3 Å². The van der Waals surface area contributed by atoms with Gasteiger partial charge in [-0.1, -0.05) is 35.9 Å². The van der Waals surface area contributed by atoms with Gasteiger partial charge < -0.3 is 11.1 Å². The Kier molecular flexibility index (Phi) is 5.17. The highest BCUT2D eigenvalue weighted by Crippen LogP contribution is 2.21. The predicted octanol–water partition coefficient (Wildman–Crippen LogP) is 2.26. The van der Waals surface area contributed by atoms with Crippen LogP contribution in [0.5, 0.6) is 0 Å². The summed E-state index contributed by atoms with van der Waals surface area (Å²) in [5.74, 6) is -0.0631. The third kappa shape index (κ3) is 3.39. The average Bonchev–Trinajstić information content (AvgIpc) is 2.48. The monoisotopic (exact) mass is 293 g/mol. The molecule has 2 unspecified atom stereocenters. The zero-order chi connectivity index (χ0) is 14.5. The van der Waals surface area contributed by atoms with Gasteiger partial charge in [0.2, 0.25) is 5.91 Å². The quantitative estimate of drug-likeness (QED) is 0.837. The Bertz CT molecular complexity index is 504. The number of amides is 1. The number of carbonyl (C=O) groups is 1. The van der Waals surface area contributed by atoms with Gasteiger partial charge in [-0.2, -0.15) is 0 Å². The van der Waals surface area contributed by atoms with Gasteiger partial charge in [0, 0.05) is 19.1 Å². The number of para-hydroxylation sites is 1. The lowest BCUT2D eigenvalue weighted by Crippen LogP contribution is -2.51. The Labute approximate surface area is 124 Å². The Balaban J connectivity index is 2.05. The molecular formula is C15H20ClN3O. The van der Waals surface area contributed by atoms with E-state index in [0.717, 1.165) is 13.0 Å². The number of anilines is 1. The van der Waals surface area contributed by atoms with Crippen LogP contribution in [0, 0.1) is 0 Å². The Hall–Kier alpha value is -1.36. The molecule has 1 aliphatic heterocycles. The minimum atomic E-state index is -0.246. The minimum absolute atomic E-state index is 0.0631. The van der Waals surface area contributed by atoms with Gasteiger partial charge in [0.1, 0.15) is 0 Å². The van der Waals surface area contributed by atoms with Crippen molar-refractivity contribution in [1.29, 1.82) is 0 Å². The lowest BCUT2D eigenvalue weighted by molar-refractivity contribution is -0.121. The summed E-state index contributed by atoms with van der Waals surface area (Å²) in [4.78, 5) is 14.5. The van der Waals surface area contributed by atoms with Crippen molar-refractivity contribution >= 4 is 23.2 Å². The van der Waals surface area contributed by atoms with Crippen LogP contribution in [0.3, 0.4) is 0 Å². The smallest absolute Gasteiger partial charge is 0.241 e. The van der Waals surface area contributed by atoms with Crippen molar-refractivity contribution in [3.05, 3.63) is 41.4 Å². The van der Waals surface area contributed by atoms with Crippen molar-refractivity contribution in [1.82, 2.24) is 4.90 Å². The first-order valence-corrected chi connectivity index (χ1v) is 7.19. The van der Waals surface area contributed by atoms with Crippen molar-refractivity contribution in [2.24, 2.45) is 5.73 Å². The van der Waals surface area contributed by atoms with Gasteiger partial charge in [0.05, 0.1) is 16.8 Å². The molecule has 20 heavy (non-hydrogen) atoms. The normalized spacial score (nSPS) is 20.6. The zero-order valence-corrected chi connectivity index (χ0v) is 12.3. The largest absolute Gasteiger partial charge is 0.329 e. The Morgan fingerprint density at radius 1 is 1.55 bits per heavy atom. The van der Waals surface area contributed by atoms with E-state index in [-0.39, 0.29) is 18.0 Å². The lowest BCUT2D eigenvalue weighted by atomic mass is 10.1. The summed E-state index contributed by atoms with van der Waals surface area (Å²) in [6.07, 6.45) is 5.13. The molecule has 1 aromatic carbocycles. The predicted molar refractivity (Wildman–Crippen MR) is 82.8 cm³/mol. The molecule has 1 aromatic rings. The molecular weight excluding hydrogens is 274 g/mol. The van der Waals surface area contributed by atoms with E-state index in [1.807, 2.05) is 19.1 Å². The third-order valence-electron chi connectivity index (χ3n) is 3.59. The number of rotatable bonds is 4. The van der Waals surface area contributed by atoms with Crippen molar-refractivity contribution in [3.63, 3.8) is 0 Å². The van der Waals surface area contributed by atoms with Gasteiger partial charge in [-0.15, -0.1) is 0 Å². The fourth-order valence-electron chi connectivity index (χ4n) is 2.40. The number of carbonyl (C=O) groups excluding carboxylic acids is 1. The molecule has 2 atom stereocenters. The maximum Gasteiger partial charge on any atom is 0.241 e. The van der Waals surface area contributed by atoms with Crippen LogP contribution in [-0.4, -0.2) is 36.0 Å². The first-order chi connectivity index (χ1) is 9.63. The Morgan fingerprint density at radius 3 is 3.00 bits per heavy atom. The number of halogens is 1. The highest BCUT2D eigenvalue weighted by Gasteiger charge is 2.27. The van der Waals surface area contributed by atoms with Crippen LogP contribution < -0.4 is 11.1 Å². The standard InChI is InChI=1S/C15H20ClN3O/c1-11(19-9-5-4-6-12(19)10-17)15(20)18-14-8-3-2-7-13(14)16/h2-4,6-8,11-12H,5,9-10,17H2,1H3,(H,18,20). The van der Waals surface area contributed by atoms with E-state index in [2.05, 4.69) is 22.4 Å². The molecule has 4 nitrogen and oxygen atoms in total. The average molecular weight is 294 g/mol. The van der Waals surface area contributed by atoms with Crippen LogP contribution in [-0.2, 0) is 4.79 Å².